The summed E-state index contributed by atoms with van der Waals surface area (Å²) in [6.07, 6.45) is 0. The molecule has 0 aromatic carbocycles. The Balaban J connectivity index is 2.31. The van der Waals surface area contributed by atoms with Crippen LogP contribution in [0.4, 0.5) is 5.69 Å². The zero-order chi connectivity index (χ0) is 11.7. The van der Waals surface area contributed by atoms with E-state index in [0.717, 1.165) is 30.2 Å². The predicted molar refractivity (Wildman–Crippen MR) is 61.2 cm³/mol. The van der Waals surface area contributed by atoms with E-state index in [2.05, 4.69) is 16.0 Å². The highest BCUT2D eigenvalue weighted by atomic mass is 16.3. The molecule has 0 bridgehead atoms. The number of nitrogens with zero attached hydrogens (tertiary/aromatic N) is 3. The van der Waals surface area contributed by atoms with Crippen LogP contribution in [0.15, 0.2) is 6.07 Å². The van der Waals surface area contributed by atoms with Gasteiger partial charge in [0.1, 0.15) is 6.07 Å². The minimum absolute atomic E-state index is 0.224. The van der Waals surface area contributed by atoms with Crippen molar-refractivity contribution >= 4 is 5.69 Å². The van der Waals surface area contributed by atoms with Crippen molar-refractivity contribution in [3.63, 3.8) is 0 Å². The molecule has 1 fully saturated rings. The molecule has 0 saturated carbocycles. The molecule has 0 spiro atoms. The molecular weight excluding hydrogens is 202 g/mol. The van der Waals surface area contributed by atoms with Gasteiger partial charge in [0.25, 0.3) is 0 Å². The van der Waals surface area contributed by atoms with E-state index in [4.69, 9.17) is 10.4 Å². The van der Waals surface area contributed by atoms with E-state index < -0.39 is 0 Å². The highest BCUT2D eigenvalue weighted by Crippen LogP contribution is 2.29. The number of hydrogen-bond acceptors (Lipinski definition) is 4. The van der Waals surface area contributed by atoms with Crippen LogP contribution in [0.25, 0.3) is 0 Å². The maximum Gasteiger partial charge on any atom is 0.103 e. The largest absolute Gasteiger partial charge is 0.396 e. The second kappa shape index (κ2) is 4.11. The number of aliphatic hydroxyl groups excluding tert-OH is 1. The molecule has 2 rings (SSSR count). The van der Waals surface area contributed by atoms with E-state index >= 15 is 0 Å². The van der Waals surface area contributed by atoms with Crippen molar-refractivity contribution in [2.45, 2.75) is 13.8 Å². The molecule has 0 atom stereocenters. The molecule has 1 aromatic rings. The van der Waals surface area contributed by atoms with Crippen molar-refractivity contribution in [2.24, 2.45) is 5.92 Å². The minimum atomic E-state index is 0.224. The lowest BCUT2D eigenvalue weighted by atomic mass is 9.98. The molecule has 1 aliphatic heterocycles. The Morgan fingerprint density at radius 1 is 1.56 bits per heavy atom. The first kappa shape index (κ1) is 10.9. The Kier molecular flexibility index (Phi) is 2.80. The molecule has 0 radical (unpaired) electrons. The molecular formula is C12H15N3O. The standard InChI is InChI=1S/C12H15N3O/c1-8-3-12(11(4-13)9(2)14-8)15-5-10(6-15)7-16/h3,10,16H,5-7H2,1-2H3. The van der Waals surface area contributed by atoms with Crippen LogP contribution in [0.2, 0.25) is 0 Å². The normalized spacial score (nSPS) is 15.8. The summed E-state index contributed by atoms with van der Waals surface area (Å²) < 4.78 is 0. The Bertz CT molecular complexity index is 444. The van der Waals surface area contributed by atoms with Crippen molar-refractivity contribution in [3.05, 3.63) is 23.0 Å². The van der Waals surface area contributed by atoms with E-state index in [0.29, 0.717) is 11.5 Å². The highest BCUT2D eigenvalue weighted by molar-refractivity contribution is 5.62. The summed E-state index contributed by atoms with van der Waals surface area (Å²) in [4.78, 5) is 6.41. The first-order chi connectivity index (χ1) is 7.65. The predicted octanol–water partition coefficient (Wildman–Crippen LogP) is 0.999. The van der Waals surface area contributed by atoms with Crippen molar-refractivity contribution in [2.75, 3.05) is 24.6 Å². The molecule has 4 nitrogen and oxygen atoms in total. The number of anilines is 1. The summed E-state index contributed by atoms with van der Waals surface area (Å²) in [5.41, 5.74) is 3.32. The van der Waals surface area contributed by atoms with Gasteiger partial charge in [0.2, 0.25) is 0 Å². The minimum Gasteiger partial charge on any atom is -0.396 e. The lowest BCUT2D eigenvalue weighted by molar-refractivity contribution is 0.200. The van der Waals surface area contributed by atoms with Gasteiger partial charge in [-0.25, -0.2) is 0 Å². The number of pyridine rings is 1. The van der Waals surface area contributed by atoms with Crippen LogP contribution in [0.1, 0.15) is 17.0 Å². The number of aromatic nitrogens is 1. The zero-order valence-electron chi connectivity index (χ0n) is 9.56. The molecule has 84 valence electrons. The number of nitriles is 1. The smallest absolute Gasteiger partial charge is 0.103 e. The summed E-state index contributed by atoms with van der Waals surface area (Å²) in [5, 5.41) is 18.1. The van der Waals surface area contributed by atoms with Crippen molar-refractivity contribution < 1.29 is 5.11 Å². The van der Waals surface area contributed by atoms with E-state index in [-0.39, 0.29) is 6.61 Å². The van der Waals surface area contributed by atoms with Crippen LogP contribution < -0.4 is 4.90 Å². The average molecular weight is 217 g/mol. The molecule has 0 aliphatic carbocycles. The van der Waals surface area contributed by atoms with E-state index in [1.807, 2.05) is 19.9 Å². The third-order valence-corrected chi connectivity index (χ3v) is 2.98. The lowest BCUT2D eigenvalue weighted by Crippen LogP contribution is -2.48. The van der Waals surface area contributed by atoms with Gasteiger partial charge in [-0.15, -0.1) is 0 Å². The van der Waals surface area contributed by atoms with Crippen molar-refractivity contribution in [1.82, 2.24) is 4.98 Å². The lowest BCUT2D eigenvalue weighted by Gasteiger charge is -2.40. The Morgan fingerprint density at radius 2 is 2.25 bits per heavy atom. The zero-order valence-corrected chi connectivity index (χ0v) is 9.56. The van der Waals surface area contributed by atoms with Gasteiger partial charge in [0.05, 0.1) is 16.9 Å². The molecule has 1 N–H and O–H groups in total. The van der Waals surface area contributed by atoms with E-state index in [9.17, 15) is 0 Å². The van der Waals surface area contributed by atoms with E-state index in [1.165, 1.54) is 0 Å². The van der Waals surface area contributed by atoms with Crippen LogP contribution in [-0.4, -0.2) is 29.8 Å². The van der Waals surface area contributed by atoms with Crippen LogP contribution in [0.5, 0.6) is 0 Å². The first-order valence-corrected chi connectivity index (χ1v) is 5.40. The summed E-state index contributed by atoms with van der Waals surface area (Å²) >= 11 is 0. The van der Waals surface area contributed by atoms with Gasteiger partial charge in [-0.2, -0.15) is 5.26 Å². The van der Waals surface area contributed by atoms with Gasteiger partial charge in [-0.3, -0.25) is 4.98 Å². The van der Waals surface area contributed by atoms with Crippen LogP contribution in [-0.2, 0) is 0 Å². The number of aliphatic hydroxyl groups is 1. The van der Waals surface area contributed by atoms with Gasteiger partial charge in [0, 0.05) is 31.3 Å². The Morgan fingerprint density at radius 3 is 2.81 bits per heavy atom. The molecule has 1 saturated heterocycles. The van der Waals surface area contributed by atoms with Gasteiger partial charge in [0.15, 0.2) is 0 Å². The quantitative estimate of drug-likeness (QED) is 0.802. The summed E-state index contributed by atoms with van der Waals surface area (Å²) in [6.45, 7) is 5.67. The monoisotopic (exact) mass is 217 g/mol. The summed E-state index contributed by atoms with van der Waals surface area (Å²) in [5.74, 6) is 0.348. The maximum atomic E-state index is 9.12. The van der Waals surface area contributed by atoms with E-state index in [1.54, 1.807) is 0 Å². The number of rotatable bonds is 2. The molecule has 2 heterocycles. The molecule has 16 heavy (non-hydrogen) atoms. The summed E-state index contributed by atoms with van der Waals surface area (Å²) in [6, 6.07) is 4.15. The van der Waals surface area contributed by atoms with Crippen molar-refractivity contribution in [1.29, 1.82) is 5.26 Å². The first-order valence-electron chi connectivity index (χ1n) is 5.40. The average Bonchev–Trinajstić information content (AvgIpc) is 2.15. The topological polar surface area (TPSA) is 60.1 Å². The van der Waals surface area contributed by atoms with Crippen LogP contribution in [0.3, 0.4) is 0 Å². The SMILES string of the molecule is Cc1cc(N2CC(CO)C2)c(C#N)c(C)n1. The van der Waals surface area contributed by atoms with Gasteiger partial charge < -0.3 is 10.0 Å². The summed E-state index contributed by atoms with van der Waals surface area (Å²) in [7, 11) is 0. The molecule has 0 unspecified atom stereocenters. The van der Waals surface area contributed by atoms with Gasteiger partial charge >= 0.3 is 0 Å². The Labute approximate surface area is 95.1 Å². The third kappa shape index (κ3) is 1.74. The second-order valence-corrected chi connectivity index (χ2v) is 4.31. The van der Waals surface area contributed by atoms with Crippen LogP contribution in [0, 0.1) is 31.1 Å². The van der Waals surface area contributed by atoms with Crippen LogP contribution >= 0.6 is 0 Å². The molecule has 0 amide bonds. The van der Waals surface area contributed by atoms with Gasteiger partial charge in [-0.1, -0.05) is 0 Å². The van der Waals surface area contributed by atoms with Gasteiger partial charge in [-0.05, 0) is 19.9 Å². The number of hydrogen-bond donors (Lipinski definition) is 1. The van der Waals surface area contributed by atoms with Crippen molar-refractivity contribution in [3.8, 4) is 6.07 Å². The fraction of sp³-hybridized carbons (Fsp3) is 0.500. The molecule has 1 aliphatic rings. The fourth-order valence-electron chi connectivity index (χ4n) is 2.08. The molecule has 1 aromatic heterocycles. The third-order valence-electron chi connectivity index (χ3n) is 2.98. The maximum absolute atomic E-state index is 9.12. The second-order valence-electron chi connectivity index (χ2n) is 4.31. The highest BCUT2D eigenvalue weighted by Gasteiger charge is 2.28. The fourth-order valence-corrected chi connectivity index (χ4v) is 2.08. The Hall–Kier alpha value is -1.60. The number of aryl methyl sites for hydroxylation is 2. The molecule has 4 heteroatoms.